The number of anilines is 1. The van der Waals surface area contributed by atoms with E-state index in [2.05, 4.69) is 15.3 Å². The number of thiazole rings is 1. The monoisotopic (exact) mass is 428 g/mol. The summed E-state index contributed by atoms with van der Waals surface area (Å²) in [5.41, 5.74) is 0.127. The van der Waals surface area contributed by atoms with Crippen molar-refractivity contribution < 1.29 is 9.50 Å². The van der Waals surface area contributed by atoms with Gasteiger partial charge in [-0.25, -0.2) is 14.4 Å². The van der Waals surface area contributed by atoms with Gasteiger partial charge in [-0.1, -0.05) is 23.2 Å². The molecule has 1 unspecified atom stereocenters. The molecule has 0 saturated heterocycles. The van der Waals surface area contributed by atoms with Crippen LogP contribution in [0.2, 0.25) is 9.49 Å². The molecule has 0 aliphatic heterocycles. The predicted molar refractivity (Wildman–Crippen MR) is 104 cm³/mol. The van der Waals surface area contributed by atoms with Crippen LogP contribution in [0.15, 0.2) is 23.3 Å². The van der Waals surface area contributed by atoms with Gasteiger partial charge >= 0.3 is 0 Å². The summed E-state index contributed by atoms with van der Waals surface area (Å²) in [7, 11) is 0. The Hall–Kier alpha value is -1.74. The second kappa shape index (κ2) is 7.01. The summed E-state index contributed by atoms with van der Waals surface area (Å²) < 4.78 is 16.3. The van der Waals surface area contributed by atoms with Crippen LogP contribution in [-0.4, -0.2) is 25.7 Å². The van der Waals surface area contributed by atoms with Crippen LogP contribution in [0, 0.1) is 5.82 Å². The highest BCUT2D eigenvalue weighted by Gasteiger charge is 2.30. The van der Waals surface area contributed by atoms with Crippen LogP contribution in [0.5, 0.6) is 0 Å². The summed E-state index contributed by atoms with van der Waals surface area (Å²) in [6.07, 6.45) is 1.94. The lowest BCUT2D eigenvalue weighted by molar-refractivity contribution is 0.0469. The Morgan fingerprint density at radius 2 is 2.15 bits per heavy atom. The van der Waals surface area contributed by atoms with Crippen LogP contribution in [0.4, 0.5) is 10.1 Å². The second-order valence-corrected chi connectivity index (χ2v) is 8.56. The van der Waals surface area contributed by atoms with E-state index in [0.29, 0.717) is 27.9 Å². The first-order valence-corrected chi connectivity index (χ1v) is 9.87. The number of aromatic nitrogens is 3. The number of hydrogen-bond acceptors (Lipinski definition) is 6. The van der Waals surface area contributed by atoms with E-state index in [9.17, 15) is 14.3 Å². The molecule has 27 heavy (non-hydrogen) atoms. The molecule has 1 aromatic carbocycles. The van der Waals surface area contributed by atoms with E-state index in [1.807, 2.05) is 6.92 Å². The van der Waals surface area contributed by atoms with E-state index in [1.54, 1.807) is 6.07 Å². The Morgan fingerprint density at radius 1 is 1.41 bits per heavy atom. The van der Waals surface area contributed by atoms with Gasteiger partial charge in [0.15, 0.2) is 11.0 Å². The van der Waals surface area contributed by atoms with Crippen LogP contribution in [0.3, 0.4) is 0 Å². The predicted octanol–water partition coefficient (Wildman–Crippen LogP) is 4.17. The molecule has 0 bridgehead atoms. The normalized spacial score (nSPS) is 20.5. The third kappa shape index (κ3) is 3.42. The van der Waals surface area contributed by atoms with Gasteiger partial charge in [0.2, 0.25) is 0 Å². The first kappa shape index (κ1) is 18.6. The standard InChI is InChI=1S/C17H15Cl2FN4O2S/c1-7(16-23-14(18)15(19)27-16)22-8-2-11-13(12(20)3-8)21-6-24(17(11)26)9-4-10(25)5-9/h2-3,6-7,9-10,22,25H,4-5H2,1H3. The van der Waals surface area contributed by atoms with E-state index >= 15 is 0 Å². The summed E-state index contributed by atoms with van der Waals surface area (Å²) in [5, 5.41) is 13.6. The number of rotatable bonds is 4. The fourth-order valence-electron chi connectivity index (χ4n) is 3.13. The molecule has 0 spiro atoms. The van der Waals surface area contributed by atoms with Crippen LogP contribution < -0.4 is 10.9 Å². The van der Waals surface area contributed by atoms with Crippen molar-refractivity contribution >= 4 is 51.1 Å². The Kier molecular flexibility index (Phi) is 4.84. The first-order chi connectivity index (χ1) is 12.8. The van der Waals surface area contributed by atoms with E-state index in [-0.39, 0.29) is 33.7 Å². The number of hydrogen-bond donors (Lipinski definition) is 2. The molecule has 6 nitrogen and oxygen atoms in total. The maximum absolute atomic E-state index is 14.5. The van der Waals surface area contributed by atoms with Gasteiger partial charge in [-0.15, -0.1) is 11.3 Å². The van der Waals surface area contributed by atoms with Gasteiger partial charge in [0.05, 0.1) is 23.9 Å². The molecule has 2 heterocycles. The third-order valence-corrected chi connectivity index (χ3v) is 6.56. The lowest BCUT2D eigenvalue weighted by Gasteiger charge is -2.32. The zero-order chi connectivity index (χ0) is 19.3. The minimum absolute atomic E-state index is 0.0228. The Balaban J connectivity index is 1.69. The van der Waals surface area contributed by atoms with Crippen molar-refractivity contribution in [2.24, 2.45) is 0 Å². The van der Waals surface area contributed by atoms with Crippen molar-refractivity contribution in [3.05, 3.63) is 49.1 Å². The van der Waals surface area contributed by atoms with Crippen LogP contribution in [0.1, 0.15) is 36.9 Å². The van der Waals surface area contributed by atoms with Crippen molar-refractivity contribution in [3.63, 3.8) is 0 Å². The molecule has 142 valence electrons. The number of fused-ring (bicyclic) bond motifs is 1. The molecule has 1 saturated carbocycles. The summed E-state index contributed by atoms with van der Waals surface area (Å²) in [6.45, 7) is 1.84. The Bertz CT molecular complexity index is 1060. The molecule has 0 radical (unpaired) electrons. The molecule has 1 aliphatic rings. The maximum atomic E-state index is 14.5. The van der Waals surface area contributed by atoms with Gasteiger partial charge in [-0.3, -0.25) is 9.36 Å². The zero-order valence-electron chi connectivity index (χ0n) is 14.1. The number of benzene rings is 1. The van der Waals surface area contributed by atoms with E-state index in [4.69, 9.17) is 23.2 Å². The molecule has 0 amide bonds. The van der Waals surface area contributed by atoms with Crippen molar-refractivity contribution in [2.45, 2.75) is 38.0 Å². The van der Waals surface area contributed by atoms with E-state index in [0.717, 1.165) is 0 Å². The largest absolute Gasteiger partial charge is 0.393 e. The summed E-state index contributed by atoms with van der Waals surface area (Å²) in [4.78, 5) is 21.0. The van der Waals surface area contributed by atoms with E-state index < -0.39 is 11.9 Å². The van der Waals surface area contributed by atoms with Gasteiger partial charge in [0.1, 0.15) is 14.9 Å². The topological polar surface area (TPSA) is 80.0 Å². The minimum atomic E-state index is -0.588. The van der Waals surface area contributed by atoms with Crippen LogP contribution in [0.25, 0.3) is 10.9 Å². The fraction of sp³-hybridized carbons (Fsp3) is 0.353. The molecule has 2 aromatic heterocycles. The molecule has 10 heteroatoms. The summed E-state index contributed by atoms with van der Waals surface area (Å²) in [5.74, 6) is -0.588. The third-order valence-electron chi connectivity index (χ3n) is 4.64. The van der Waals surface area contributed by atoms with E-state index in [1.165, 1.54) is 28.3 Å². The quantitative estimate of drug-likeness (QED) is 0.651. The van der Waals surface area contributed by atoms with Crippen LogP contribution in [-0.2, 0) is 0 Å². The minimum Gasteiger partial charge on any atom is -0.393 e. The lowest BCUT2D eigenvalue weighted by atomic mass is 9.89. The molecule has 3 aromatic rings. The Morgan fingerprint density at radius 3 is 2.78 bits per heavy atom. The molecule has 1 aliphatic carbocycles. The number of nitrogens with zero attached hydrogens (tertiary/aromatic N) is 3. The molecule has 2 N–H and O–H groups in total. The van der Waals surface area contributed by atoms with Crippen LogP contribution >= 0.6 is 34.5 Å². The van der Waals surface area contributed by atoms with Gasteiger partial charge in [0.25, 0.3) is 5.56 Å². The van der Waals surface area contributed by atoms with Crippen molar-refractivity contribution in [2.75, 3.05) is 5.32 Å². The highest BCUT2D eigenvalue weighted by molar-refractivity contribution is 7.16. The molecule has 1 atom stereocenters. The number of aliphatic hydroxyl groups excluding tert-OH is 1. The Labute approximate surface area is 167 Å². The summed E-state index contributed by atoms with van der Waals surface area (Å²) in [6, 6.07) is 2.48. The second-order valence-electron chi connectivity index (χ2n) is 6.57. The average molecular weight is 429 g/mol. The SMILES string of the molecule is CC(Nc1cc(F)c2ncn(C3CC(O)C3)c(=O)c2c1)c1nc(Cl)c(Cl)s1. The molecular weight excluding hydrogens is 414 g/mol. The van der Waals surface area contributed by atoms with Gasteiger partial charge in [-0.2, -0.15) is 0 Å². The van der Waals surface area contributed by atoms with Gasteiger partial charge < -0.3 is 10.4 Å². The van der Waals surface area contributed by atoms with Crippen molar-refractivity contribution in [1.29, 1.82) is 0 Å². The number of halogens is 3. The lowest BCUT2D eigenvalue weighted by Crippen LogP contribution is -2.36. The molecular formula is C17H15Cl2FN4O2S. The highest BCUT2D eigenvalue weighted by atomic mass is 35.5. The molecule has 1 fully saturated rings. The zero-order valence-corrected chi connectivity index (χ0v) is 16.4. The molecule has 4 rings (SSSR count). The average Bonchev–Trinajstić information content (AvgIpc) is 2.93. The number of aliphatic hydroxyl groups is 1. The maximum Gasteiger partial charge on any atom is 0.261 e. The summed E-state index contributed by atoms with van der Waals surface area (Å²) >= 11 is 13.1. The fourth-order valence-corrected chi connectivity index (χ4v) is 4.35. The van der Waals surface area contributed by atoms with Crippen molar-refractivity contribution in [3.8, 4) is 0 Å². The van der Waals surface area contributed by atoms with Gasteiger partial charge in [-0.05, 0) is 31.9 Å². The van der Waals surface area contributed by atoms with Crippen molar-refractivity contribution in [1.82, 2.24) is 14.5 Å². The first-order valence-electron chi connectivity index (χ1n) is 8.30. The highest BCUT2D eigenvalue weighted by Crippen LogP contribution is 2.34. The smallest absolute Gasteiger partial charge is 0.261 e. The number of nitrogens with one attached hydrogen (secondary N) is 1. The van der Waals surface area contributed by atoms with Gasteiger partial charge in [0, 0.05) is 11.7 Å².